The summed E-state index contributed by atoms with van der Waals surface area (Å²) in [6, 6.07) is 7.92. The molecule has 0 bridgehead atoms. The minimum Gasteiger partial charge on any atom is -0.468 e. The number of para-hydroxylation sites is 1. The summed E-state index contributed by atoms with van der Waals surface area (Å²) in [6.07, 6.45) is 2.57. The van der Waals surface area contributed by atoms with Gasteiger partial charge in [0.05, 0.1) is 7.11 Å². The lowest BCUT2D eigenvalue weighted by Gasteiger charge is -2.09. The highest BCUT2D eigenvalue weighted by Crippen LogP contribution is 2.25. The Bertz CT molecular complexity index is 587. The Morgan fingerprint density at radius 3 is 2.68 bits per heavy atom. The number of methoxy groups -OCH3 is 1. The summed E-state index contributed by atoms with van der Waals surface area (Å²) in [6.45, 7) is 4.27. The van der Waals surface area contributed by atoms with E-state index in [2.05, 4.69) is 41.5 Å². The second-order valence-electron chi connectivity index (χ2n) is 5.01. The molecule has 0 spiro atoms. The van der Waals surface area contributed by atoms with Crippen LogP contribution in [0.25, 0.3) is 10.9 Å². The van der Waals surface area contributed by atoms with Gasteiger partial charge in [0.15, 0.2) is 0 Å². The molecule has 0 aliphatic carbocycles. The molecule has 0 fully saturated rings. The number of nitrogens with zero attached hydrogens (tertiary/aromatic N) is 1. The first-order valence-corrected chi connectivity index (χ1v) is 6.46. The fourth-order valence-corrected chi connectivity index (χ4v) is 2.34. The Morgan fingerprint density at radius 1 is 1.37 bits per heavy atom. The van der Waals surface area contributed by atoms with E-state index in [-0.39, 0.29) is 5.97 Å². The Hall–Kier alpha value is -1.81. The van der Waals surface area contributed by atoms with Crippen LogP contribution in [0, 0.1) is 0 Å². The van der Waals surface area contributed by atoms with Crippen molar-refractivity contribution >= 4 is 16.9 Å². The Labute approximate surface area is 113 Å². The molecule has 19 heavy (non-hydrogen) atoms. The predicted octanol–water partition coefficient (Wildman–Crippen LogP) is 2.26. The summed E-state index contributed by atoms with van der Waals surface area (Å²) in [5.74, 6) is -0.374. The first-order valence-electron chi connectivity index (χ1n) is 6.46. The van der Waals surface area contributed by atoms with E-state index in [1.807, 2.05) is 12.1 Å². The van der Waals surface area contributed by atoms with Gasteiger partial charge in [-0.1, -0.05) is 18.2 Å². The van der Waals surface area contributed by atoms with Crippen LogP contribution < -0.4 is 5.73 Å². The number of nitrogens with two attached hydrogens (primary N) is 1. The maximum atomic E-state index is 11.4. The molecule has 2 N–H and O–H groups in total. The molecule has 0 aliphatic rings. The fourth-order valence-electron chi connectivity index (χ4n) is 2.34. The third-order valence-corrected chi connectivity index (χ3v) is 3.32. The number of aromatic nitrogens is 1. The average molecular weight is 260 g/mol. The first-order chi connectivity index (χ1) is 9.04. The molecule has 4 heteroatoms. The molecule has 1 atom stereocenters. The number of esters is 1. The van der Waals surface area contributed by atoms with Crippen LogP contribution in [0.5, 0.6) is 0 Å². The number of rotatable bonds is 4. The van der Waals surface area contributed by atoms with E-state index in [9.17, 15) is 4.79 Å². The van der Waals surface area contributed by atoms with Gasteiger partial charge in [-0.3, -0.25) is 4.79 Å². The van der Waals surface area contributed by atoms with E-state index in [1.54, 1.807) is 0 Å². The maximum absolute atomic E-state index is 11.4. The van der Waals surface area contributed by atoms with Crippen molar-refractivity contribution < 1.29 is 9.53 Å². The molecule has 1 aromatic heterocycles. The van der Waals surface area contributed by atoms with Gasteiger partial charge < -0.3 is 15.0 Å². The SMILES string of the molecule is COC(=O)[C@@H](N)Cc1cn(C(C)C)c2ccccc12. The van der Waals surface area contributed by atoms with Gasteiger partial charge in [-0.2, -0.15) is 0 Å². The molecular formula is C15H20N2O2. The quantitative estimate of drug-likeness (QED) is 0.858. The number of hydrogen-bond acceptors (Lipinski definition) is 3. The molecule has 102 valence electrons. The topological polar surface area (TPSA) is 57.2 Å². The maximum Gasteiger partial charge on any atom is 0.322 e. The molecule has 2 rings (SSSR count). The molecule has 0 unspecified atom stereocenters. The van der Waals surface area contributed by atoms with Crippen LogP contribution in [0.15, 0.2) is 30.5 Å². The third kappa shape index (κ3) is 2.63. The van der Waals surface area contributed by atoms with Crippen LogP contribution >= 0.6 is 0 Å². The van der Waals surface area contributed by atoms with E-state index in [1.165, 1.54) is 12.6 Å². The summed E-state index contributed by atoms with van der Waals surface area (Å²) < 4.78 is 6.88. The lowest BCUT2D eigenvalue weighted by atomic mass is 10.1. The van der Waals surface area contributed by atoms with Crippen LogP contribution in [-0.4, -0.2) is 23.7 Å². The number of ether oxygens (including phenoxy) is 1. The van der Waals surface area contributed by atoms with Crippen molar-refractivity contribution in [1.29, 1.82) is 0 Å². The standard InChI is InChI=1S/C15H20N2O2/c1-10(2)17-9-11(8-13(16)15(18)19-3)12-6-4-5-7-14(12)17/h4-7,9-10,13H,8,16H2,1-3H3/t13-/m0/s1. The van der Waals surface area contributed by atoms with Crippen LogP contribution in [0.4, 0.5) is 0 Å². The summed E-state index contributed by atoms with van der Waals surface area (Å²) in [5, 5.41) is 1.15. The number of benzene rings is 1. The highest BCUT2D eigenvalue weighted by Gasteiger charge is 2.18. The monoisotopic (exact) mass is 260 g/mol. The zero-order valence-electron chi connectivity index (χ0n) is 11.6. The van der Waals surface area contributed by atoms with Crippen LogP contribution in [0.3, 0.4) is 0 Å². The largest absolute Gasteiger partial charge is 0.468 e. The van der Waals surface area contributed by atoms with Crippen LogP contribution in [0.2, 0.25) is 0 Å². The average Bonchev–Trinajstić information content (AvgIpc) is 2.77. The Morgan fingerprint density at radius 2 is 2.05 bits per heavy atom. The molecule has 0 aliphatic heterocycles. The zero-order valence-corrected chi connectivity index (χ0v) is 11.6. The predicted molar refractivity (Wildman–Crippen MR) is 76.0 cm³/mol. The Balaban J connectivity index is 2.41. The number of hydrogen-bond donors (Lipinski definition) is 1. The normalized spacial score (nSPS) is 12.9. The minimum atomic E-state index is -0.614. The van der Waals surface area contributed by atoms with Gasteiger partial charge in [-0.15, -0.1) is 0 Å². The van der Waals surface area contributed by atoms with Crippen molar-refractivity contribution in [3.8, 4) is 0 Å². The summed E-state index contributed by atoms with van der Waals surface area (Å²) in [4.78, 5) is 11.4. The molecule has 0 saturated heterocycles. The third-order valence-electron chi connectivity index (χ3n) is 3.32. The Kier molecular flexibility index (Phi) is 3.90. The number of carbonyl (C=O) groups is 1. The van der Waals surface area contributed by atoms with E-state index < -0.39 is 6.04 Å². The van der Waals surface area contributed by atoms with Gasteiger partial charge in [0, 0.05) is 29.6 Å². The van der Waals surface area contributed by atoms with Gasteiger partial charge in [-0.25, -0.2) is 0 Å². The summed E-state index contributed by atoms with van der Waals surface area (Å²) in [7, 11) is 1.36. The van der Waals surface area contributed by atoms with Crippen molar-refractivity contribution in [2.75, 3.05) is 7.11 Å². The van der Waals surface area contributed by atoms with Gasteiger partial charge >= 0.3 is 5.97 Å². The van der Waals surface area contributed by atoms with E-state index in [0.717, 1.165) is 10.9 Å². The van der Waals surface area contributed by atoms with E-state index in [4.69, 9.17) is 5.73 Å². The van der Waals surface area contributed by atoms with Crippen molar-refractivity contribution in [2.24, 2.45) is 5.73 Å². The highest BCUT2D eigenvalue weighted by atomic mass is 16.5. The van der Waals surface area contributed by atoms with Crippen molar-refractivity contribution in [1.82, 2.24) is 4.57 Å². The number of fused-ring (bicyclic) bond motifs is 1. The smallest absolute Gasteiger partial charge is 0.322 e. The zero-order chi connectivity index (χ0) is 14.0. The van der Waals surface area contributed by atoms with Gasteiger partial charge in [0.1, 0.15) is 6.04 Å². The second-order valence-corrected chi connectivity index (χ2v) is 5.01. The van der Waals surface area contributed by atoms with E-state index >= 15 is 0 Å². The van der Waals surface area contributed by atoms with Crippen LogP contribution in [0.1, 0.15) is 25.5 Å². The lowest BCUT2D eigenvalue weighted by Crippen LogP contribution is -2.33. The van der Waals surface area contributed by atoms with Gasteiger partial charge in [0.2, 0.25) is 0 Å². The molecule has 2 aromatic rings. The molecule has 1 aromatic carbocycles. The van der Waals surface area contributed by atoms with Crippen molar-refractivity contribution in [3.05, 3.63) is 36.0 Å². The first kappa shape index (κ1) is 13.6. The highest BCUT2D eigenvalue weighted by molar-refractivity contribution is 5.85. The lowest BCUT2D eigenvalue weighted by molar-refractivity contribution is -0.142. The molecule has 1 heterocycles. The summed E-state index contributed by atoms with van der Waals surface area (Å²) >= 11 is 0. The molecular weight excluding hydrogens is 240 g/mol. The molecule has 0 radical (unpaired) electrons. The van der Waals surface area contributed by atoms with Gasteiger partial charge in [-0.05, 0) is 25.5 Å². The second kappa shape index (κ2) is 5.45. The molecule has 0 saturated carbocycles. The molecule has 0 amide bonds. The molecule has 4 nitrogen and oxygen atoms in total. The fraction of sp³-hybridized carbons (Fsp3) is 0.400. The minimum absolute atomic E-state index is 0.369. The van der Waals surface area contributed by atoms with Crippen molar-refractivity contribution in [2.45, 2.75) is 32.4 Å². The number of carbonyl (C=O) groups excluding carboxylic acids is 1. The van der Waals surface area contributed by atoms with E-state index in [0.29, 0.717) is 12.5 Å². The summed E-state index contributed by atoms with van der Waals surface area (Å²) in [5.41, 5.74) is 8.11. The van der Waals surface area contributed by atoms with Crippen LogP contribution in [-0.2, 0) is 16.0 Å². The van der Waals surface area contributed by atoms with Gasteiger partial charge in [0.25, 0.3) is 0 Å². The van der Waals surface area contributed by atoms with Crippen molar-refractivity contribution in [3.63, 3.8) is 0 Å².